The van der Waals surface area contributed by atoms with Gasteiger partial charge in [-0.2, -0.15) is 0 Å². The zero-order chi connectivity index (χ0) is 10.8. The summed E-state index contributed by atoms with van der Waals surface area (Å²) in [7, 11) is 0. The minimum atomic E-state index is 0.646. The van der Waals surface area contributed by atoms with Crippen LogP contribution in [0.5, 0.6) is 0 Å². The molecule has 0 radical (unpaired) electrons. The van der Waals surface area contributed by atoms with Crippen molar-refractivity contribution in [3.8, 4) is 0 Å². The van der Waals surface area contributed by atoms with Gasteiger partial charge < -0.3 is 5.73 Å². The van der Waals surface area contributed by atoms with Crippen LogP contribution in [-0.4, -0.2) is 30.1 Å². The molecule has 1 aliphatic carbocycles. The highest BCUT2D eigenvalue weighted by Crippen LogP contribution is 2.36. The second-order valence-electron chi connectivity index (χ2n) is 5.69. The molecule has 2 aliphatic rings. The van der Waals surface area contributed by atoms with E-state index < -0.39 is 0 Å². The monoisotopic (exact) mass is 210 g/mol. The van der Waals surface area contributed by atoms with E-state index in [1.165, 1.54) is 38.6 Å². The molecular weight excluding hydrogens is 184 g/mol. The predicted octanol–water partition coefficient (Wildman–Crippen LogP) is 2.23. The zero-order valence-corrected chi connectivity index (χ0v) is 10.3. The van der Waals surface area contributed by atoms with Crippen molar-refractivity contribution in [2.24, 2.45) is 17.6 Å². The molecule has 0 spiro atoms. The van der Waals surface area contributed by atoms with Crippen LogP contribution in [0, 0.1) is 11.8 Å². The average molecular weight is 210 g/mol. The van der Waals surface area contributed by atoms with Crippen LogP contribution in [0.1, 0.15) is 46.0 Å². The summed E-state index contributed by atoms with van der Waals surface area (Å²) in [6.45, 7) is 6.89. The molecule has 0 aromatic carbocycles. The fourth-order valence-electron chi connectivity index (χ4n) is 3.17. The first-order valence-corrected chi connectivity index (χ1v) is 6.68. The first kappa shape index (κ1) is 11.4. The van der Waals surface area contributed by atoms with E-state index in [4.69, 9.17) is 5.73 Å². The second-order valence-corrected chi connectivity index (χ2v) is 5.69. The van der Waals surface area contributed by atoms with Crippen molar-refractivity contribution in [2.75, 3.05) is 13.1 Å². The van der Waals surface area contributed by atoms with Gasteiger partial charge in [-0.15, -0.1) is 0 Å². The summed E-state index contributed by atoms with van der Waals surface area (Å²) >= 11 is 0. The second kappa shape index (κ2) is 4.84. The molecule has 1 saturated heterocycles. The van der Waals surface area contributed by atoms with Gasteiger partial charge in [0.1, 0.15) is 0 Å². The lowest BCUT2D eigenvalue weighted by Gasteiger charge is -2.43. The number of likely N-dealkylation sites (tertiary alicyclic amines) is 1. The van der Waals surface area contributed by atoms with Gasteiger partial charge in [-0.1, -0.05) is 19.8 Å². The highest BCUT2D eigenvalue weighted by Gasteiger charge is 2.33. The van der Waals surface area contributed by atoms with Crippen LogP contribution >= 0.6 is 0 Å². The summed E-state index contributed by atoms with van der Waals surface area (Å²) in [6, 6.07) is 1.40. The van der Waals surface area contributed by atoms with Crippen LogP contribution in [0.4, 0.5) is 0 Å². The number of nitrogens with two attached hydrogens (primary N) is 1. The number of nitrogens with zero attached hydrogens (tertiary/aromatic N) is 1. The molecule has 2 rings (SSSR count). The van der Waals surface area contributed by atoms with Gasteiger partial charge >= 0.3 is 0 Å². The molecule has 0 amide bonds. The van der Waals surface area contributed by atoms with Gasteiger partial charge in [0.05, 0.1) is 0 Å². The Morgan fingerprint density at radius 3 is 2.67 bits per heavy atom. The Morgan fingerprint density at radius 1 is 1.33 bits per heavy atom. The molecule has 0 aromatic rings. The lowest BCUT2D eigenvalue weighted by Crippen LogP contribution is -2.52. The fourth-order valence-corrected chi connectivity index (χ4v) is 3.17. The van der Waals surface area contributed by atoms with Crippen molar-refractivity contribution in [1.82, 2.24) is 4.90 Å². The van der Waals surface area contributed by atoms with E-state index in [-0.39, 0.29) is 0 Å². The Labute approximate surface area is 94.2 Å². The summed E-state index contributed by atoms with van der Waals surface area (Å²) in [4.78, 5) is 2.69. The summed E-state index contributed by atoms with van der Waals surface area (Å²) in [6.07, 6.45) is 7.09. The van der Waals surface area contributed by atoms with Crippen molar-refractivity contribution in [2.45, 2.75) is 58.0 Å². The molecule has 2 N–H and O–H groups in total. The summed E-state index contributed by atoms with van der Waals surface area (Å²) in [5.41, 5.74) is 5.93. The normalized spacial score (nSPS) is 35.4. The van der Waals surface area contributed by atoms with Crippen molar-refractivity contribution in [3.05, 3.63) is 0 Å². The van der Waals surface area contributed by atoms with Crippen LogP contribution in [0.25, 0.3) is 0 Å². The third-order valence-electron chi connectivity index (χ3n) is 4.34. The predicted molar refractivity (Wildman–Crippen MR) is 64.7 cm³/mol. The molecule has 0 bridgehead atoms. The molecule has 2 heteroatoms. The number of hydrogen-bond donors (Lipinski definition) is 1. The standard InChI is InChI=1S/C13H26N2/c1-10-4-3-7-15(13(10)9-14)11(2)8-12-5-6-12/h10-13H,3-9,14H2,1-2H3. The maximum Gasteiger partial charge on any atom is 0.0246 e. The molecule has 0 aromatic heterocycles. The van der Waals surface area contributed by atoms with E-state index >= 15 is 0 Å². The van der Waals surface area contributed by atoms with E-state index in [1.807, 2.05) is 0 Å². The van der Waals surface area contributed by atoms with E-state index in [0.29, 0.717) is 6.04 Å². The van der Waals surface area contributed by atoms with Gasteiger partial charge in [0.15, 0.2) is 0 Å². The van der Waals surface area contributed by atoms with Crippen molar-refractivity contribution < 1.29 is 0 Å². The van der Waals surface area contributed by atoms with Crippen LogP contribution in [-0.2, 0) is 0 Å². The van der Waals surface area contributed by atoms with E-state index in [2.05, 4.69) is 18.7 Å². The molecule has 15 heavy (non-hydrogen) atoms. The SMILES string of the molecule is CC1CCCN(C(C)CC2CC2)C1CN. The highest BCUT2D eigenvalue weighted by molar-refractivity contribution is 4.88. The molecule has 2 fully saturated rings. The molecule has 1 heterocycles. The third kappa shape index (κ3) is 2.73. The maximum atomic E-state index is 5.93. The summed E-state index contributed by atoms with van der Waals surface area (Å²) in [5.74, 6) is 1.83. The molecule has 2 nitrogen and oxygen atoms in total. The van der Waals surface area contributed by atoms with Crippen molar-refractivity contribution >= 4 is 0 Å². The van der Waals surface area contributed by atoms with Crippen LogP contribution < -0.4 is 5.73 Å². The lowest BCUT2D eigenvalue weighted by atomic mass is 9.89. The van der Waals surface area contributed by atoms with E-state index in [9.17, 15) is 0 Å². The molecule has 88 valence electrons. The Bertz CT molecular complexity index is 201. The van der Waals surface area contributed by atoms with E-state index in [1.54, 1.807) is 0 Å². The van der Waals surface area contributed by atoms with Gasteiger partial charge in [-0.05, 0) is 44.6 Å². The molecule has 3 unspecified atom stereocenters. The van der Waals surface area contributed by atoms with Crippen molar-refractivity contribution in [1.29, 1.82) is 0 Å². The van der Waals surface area contributed by atoms with Gasteiger partial charge in [-0.3, -0.25) is 4.90 Å². The smallest absolute Gasteiger partial charge is 0.0246 e. The third-order valence-corrected chi connectivity index (χ3v) is 4.34. The quantitative estimate of drug-likeness (QED) is 0.771. The largest absolute Gasteiger partial charge is 0.329 e. The minimum Gasteiger partial charge on any atom is -0.329 e. The van der Waals surface area contributed by atoms with Crippen molar-refractivity contribution in [3.63, 3.8) is 0 Å². The fraction of sp³-hybridized carbons (Fsp3) is 1.00. The Kier molecular flexibility index (Phi) is 3.68. The average Bonchev–Trinajstić information content (AvgIpc) is 3.01. The zero-order valence-electron chi connectivity index (χ0n) is 10.3. The highest BCUT2D eigenvalue weighted by atomic mass is 15.2. The van der Waals surface area contributed by atoms with Gasteiger partial charge in [0, 0.05) is 18.6 Å². The number of rotatable bonds is 4. The molecule has 1 saturated carbocycles. The van der Waals surface area contributed by atoms with Crippen LogP contribution in [0.3, 0.4) is 0 Å². The minimum absolute atomic E-state index is 0.646. The first-order valence-electron chi connectivity index (χ1n) is 6.68. The number of hydrogen-bond acceptors (Lipinski definition) is 2. The molecular formula is C13H26N2. The topological polar surface area (TPSA) is 29.3 Å². The Balaban J connectivity index is 1.91. The van der Waals surface area contributed by atoms with Gasteiger partial charge in [0.25, 0.3) is 0 Å². The number of piperidine rings is 1. The summed E-state index contributed by atoms with van der Waals surface area (Å²) < 4.78 is 0. The Morgan fingerprint density at radius 2 is 2.07 bits per heavy atom. The van der Waals surface area contributed by atoms with E-state index in [0.717, 1.165) is 24.4 Å². The molecule has 3 atom stereocenters. The van der Waals surface area contributed by atoms with Crippen LogP contribution in [0.15, 0.2) is 0 Å². The Hall–Kier alpha value is -0.0800. The van der Waals surface area contributed by atoms with Crippen LogP contribution in [0.2, 0.25) is 0 Å². The van der Waals surface area contributed by atoms with Gasteiger partial charge in [0.2, 0.25) is 0 Å². The maximum absolute atomic E-state index is 5.93. The summed E-state index contributed by atoms with van der Waals surface area (Å²) in [5, 5.41) is 0. The molecule has 1 aliphatic heterocycles. The van der Waals surface area contributed by atoms with Gasteiger partial charge in [-0.25, -0.2) is 0 Å². The lowest BCUT2D eigenvalue weighted by molar-refractivity contribution is 0.0633. The first-order chi connectivity index (χ1) is 7.22.